The molecule has 4 rings (SSSR count). The van der Waals surface area contributed by atoms with Gasteiger partial charge in [0.15, 0.2) is 17.1 Å². The zero-order valence-electron chi connectivity index (χ0n) is 17.2. The van der Waals surface area contributed by atoms with Crippen molar-refractivity contribution in [2.75, 3.05) is 7.11 Å². The number of aromatic nitrogens is 1. The Balaban J connectivity index is 1.60. The Morgan fingerprint density at radius 3 is 2.70 bits per heavy atom. The molecule has 168 valence electrons. The first-order valence-electron chi connectivity index (χ1n) is 9.66. The normalized spacial score (nSPS) is 11.5. The Hall–Kier alpha value is -3.05. The average molecular weight is 577 g/mol. The second kappa shape index (κ2) is 10.3. The molecule has 0 saturated heterocycles. The lowest BCUT2D eigenvalue weighted by Gasteiger charge is -2.14. The summed E-state index contributed by atoms with van der Waals surface area (Å²) < 4.78 is 31.5. The van der Waals surface area contributed by atoms with Crippen molar-refractivity contribution in [3.63, 3.8) is 0 Å². The highest BCUT2D eigenvalue weighted by Crippen LogP contribution is 2.37. The lowest BCUT2D eigenvalue weighted by Crippen LogP contribution is -2.02. The fourth-order valence-corrected chi connectivity index (χ4v) is 4.53. The largest absolute Gasteiger partial charge is 0.493 e. The maximum Gasteiger partial charge on any atom is 0.342 e. The van der Waals surface area contributed by atoms with Gasteiger partial charge in [-0.05, 0) is 76.3 Å². The van der Waals surface area contributed by atoms with E-state index in [-0.39, 0.29) is 22.6 Å². The maximum atomic E-state index is 13.9. The van der Waals surface area contributed by atoms with Crippen LogP contribution < -0.4 is 9.47 Å². The van der Waals surface area contributed by atoms with E-state index in [0.717, 1.165) is 11.8 Å². The number of hydrogen-bond donors (Lipinski definition) is 1. The molecule has 0 spiro atoms. The van der Waals surface area contributed by atoms with Crippen LogP contribution in [0.5, 0.6) is 11.5 Å². The lowest BCUT2D eigenvalue weighted by atomic mass is 10.2. The minimum atomic E-state index is -1.11. The van der Waals surface area contributed by atoms with Crippen molar-refractivity contribution >= 4 is 57.5 Å². The van der Waals surface area contributed by atoms with Crippen molar-refractivity contribution in [2.45, 2.75) is 11.8 Å². The summed E-state index contributed by atoms with van der Waals surface area (Å²) in [5, 5.41) is 9.94. The van der Waals surface area contributed by atoms with Crippen LogP contribution in [0, 0.1) is 9.39 Å². The molecule has 0 saturated carbocycles. The summed E-state index contributed by atoms with van der Waals surface area (Å²) in [6.07, 6.45) is 1.51. The first kappa shape index (κ1) is 23.1. The van der Waals surface area contributed by atoms with E-state index in [1.165, 1.54) is 19.3 Å². The standard InChI is InChI=1S/C24H17FINO5S/c1-30-20-11-14(10-17(26)22(20)31-13-15-6-2-3-7-16(15)25)12-21(23(28)29)33-24-27-18-8-4-5-9-19(18)32-24/h2-12H,13H2,1H3,(H,28,29)/b21-12-. The highest BCUT2D eigenvalue weighted by Gasteiger charge is 2.17. The second-order valence-electron chi connectivity index (χ2n) is 6.78. The number of benzene rings is 3. The van der Waals surface area contributed by atoms with E-state index in [0.29, 0.717) is 37.3 Å². The molecule has 1 aromatic heterocycles. The van der Waals surface area contributed by atoms with E-state index in [2.05, 4.69) is 27.6 Å². The van der Waals surface area contributed by atoms with Crippen LogP contribution in [0.2, 0.25) is 0 Å². The molecule has 1 heterocycles. The van der Waals surface area contributed by atoms with Crippen molar-refractivity contribution in [2.24, 2.45) is 0 Å². The van der Waals surface area contributed by atoms with Gasteiger partial charge in [0.2, 0.25) is 0 Å². The Morgan fingerprint density at radius 1 is 1.21 bits per heavy atom. The predicted octanol–water partition coefficient (Wildman–Crippen LogP) is 6.38. The molecule has 0 unspecified atom stereocenters. The van der Waals surface area contributed by atoms with Gasteiger partial charge in [-0.1, -0.05) is 30.3 Å². The molecular weight excluding hydrogens is 560 g/mol. The van der Waals surface area contributed by atoms with Crippen LogP contribution in [-0.4, -0.2) is 23.2 Å². The van der Waals surface area contributed by atoms with E-state index in [4.69, 9.17) is 13.9 Å². The van der Waals surface area contributed by atoms with Crippen molar-refractivity contribution in [3.8, 4) is 11.5 Å². The quantitative estimate of drug-likeness (QED) is 0.148. The van der Waals surface area contributed by atoms with Crippen molar-refractivity contribution in [3.05, 3.63) is 86.1 Å². The van der Waals surface area contributed by atoms with Gasteiger partial charge < -0.3 is 19.0 Å². The number of aliphatic carboxylic acids is 1. The topological polar surface area (TPSA) is 81.8 Å². The van der Waals surface area contributed by atoms with E-state index < -0.39 is 5.97 Å². The molecule has 9 heteroatoms. The van der Waals surface area contributed by atoms with E-state index in [9.17, 15) is 14.3 Å². The minimum Gasteiger partial charge on any atom is -0.493 e. The summed E-state index contributed by atoms with van der Waals surface area (Å²) in [6, 6.07) is 17.0. The molecule has 6 nitrogen and oxygen atoms in total. The summed E-state index contributed by atoms with van der Waals surface area (Å²) >= 11 is 2.99. The minimum absolute atomic E-state index is 0.0273. The van der Waals surface area contributed by atoms with Crippen LogP contribution in [0.25, 0.3) is 17.2 Å². The van der Waals surface area contributed by atoms with Crippen LogP contribution in [-0.2, 0) is 11.4 Å². The Morgan fingerprint density at radius 2 is 1.97 bits per heavy atom. The van der Waals surface area contributed by atoms with Gasteiger partial charge >= 0.3 is 5.97 Å². The Kier molecular flexibility index (Phi) is 7.19. The summed E-state index contributed by atoms with van der Waals surface area (Å²) in [5.41, 5.74) is 2.24. The number of carboxylic acid groups (broad SMARTS) is 1. The highest BCUT2D eigenvalue weighted by molar-refractivity contribution is 14.1. The molecule has 0 aliphatic carbocycles. The number of para-hydroxylation sites is 2. The van der Waals surface area contributed by atoms with Gasteiger partial charge in [0.1, 0.15) is 22.8 Å². The number of halogens is 2. The highest BCUT2D eigenvalue weighted by atomic mass is 127. The lowest BCUT2D eigenvalue weighted by molar-refractivity contribution is -0.131. The number of hydrogen-bond acceptors (Lipinski definition) is 6. The van der Waals surface area contributed by atoms with Gasteiger partial charge in [-0.15, -0.1) is 0 Å². The molecule has 0 aliphatic rings. The summed E-state index contributed by atoms with van der Waals surface area (Å²) in [6.45, 7) is 0.0299. The summed E-state index contributed by atoms with van der Waals surface area (Å²) in [5.74, 6) is -0.618. The number of rotatable bonds is 8. The van der Waals surface area contributed by atoms with E-state index in [1.54, 1.807) is 42.5 Å². The molecule has 33 heavy (non-hydrogen) atoms. The number of nitrogens with zero attached hydrogens (tertiary/aromatic N) is 1. The number of methoxy groups -OCH3 is 1. The summed E-state index contributed by atoms with van der Waals surface area (Å²) in [4.78, 5) is 16.2. The molecule has 0 amide bonds. The fourth-order valence-electron chi connectivity index (χ4n) is 3.00. The van der Waals surface area contributed by atoms with Crippen LogP contribution in [0.15, 0.2) is 75.2 Å². The molecule has 0 bridgehead atoms. The Bertz CT molecular complexity index is 1320. The average Bonchev–Trinajstić information content (AvgIpc) is 3.21. The zero-order valence-corrected chi connectivity index (χ0v) is 20.2. The molecule has 0 fully saturated rings. The number of fused-ring (bicyclic) bond motifs is 1. The van der Waals surface area contributed by atoms with Gasteiger partial charge in [-0.25, -0.2) is 14.2 Å². The molecule has 3 aromatic carbocycles. The predicted molar refractivity (Wildman–Crippen MR) is 132 cm³/mol. The number of oxazole rings is 1. The fraction of sp³-hybridized carbons (Fsp3) is 0.0833. The van der Waals surface area contributed by atoms with Gasteiger partial charge in [0, 0.05) is 5.56 Å². The third-order valence-corrected chi connectivity index (χ3v) is 6.22. The monoisotopic (exact) mass is 577 g/mol. The van der Waals surface area contributed by atoms with Crippen LogP contribution in [0.4, 0.5) is 4.39 Å². The third kappa shape index (κ3) is 5.48. The molecule has 0 radical (unpaired) electrons. The van der Waals surface area contributed by atoms with E-state index in [1.807, 2.05) is 12.1 Å². The second-order valence-corrected chi connectivity index (χ2v) is 8.93. The SMILES string of the molecule is COc1cc(/C=C(\Sc2nc3ccccc3o2)C(=O)O)cc(I)c1OCc1ccccc1F. The van der Waals surface area contributed by atoms with Crippen molar-refractivity contribution in [1.82, 2.24) is 4.98 Å². The molecular formula is C24H17FINO5S. The molecule has 0 atom stereocenters. The molecule has 1 N–H and O–H groups in total. The Labute approximate surface area is 206 Å². The van der Waals surface area contributed by atoms with Crippen molar-refractivity contribution in [1.29, 1.82) is 0 Å². The number of carbonyl (C=O) groups is 1. The van der Waals surface area contributed by atoms with Gasteiger partial charge in [-0.2, -0.15) is 0 Å². The van der Waals surface area contributed by atoms with Gasteiger partial charge in [0.05, 0.1) is 10.7 Å². The number of thioether (sulfide) groups is 1. The maximum absolute atomic E-state index is 13.9. The van der Waals surface area contributed by atoms with Crippen LogP contribution in [0.1, 0.15) is 11.1 Å². The van der Waals surface area contributed by atoms with Gasteiger partial charge in [-0.3, -0.25) is 0 Å². The van der Waals surface area contributed by atoms with E-state index >= 15 is 0 Å². The zero-order chi connectivity index (χ0) is 23.4. The first-order chi connectivity index (χ1) is 15.9. The van der Waals surface area contributed by atoms with Gasteiger partial charge in [0.25, 0.3) is 5.22 Å². The molecule has 4 aromatic rings. The molecule has 0 aliphatic heterocycles. The first-order valence-corrected chi connectivity index (χ1v) is 11.6. The van der Waals surface area contributed by atoms with Crippen LogP contribution >= 0.6 is 34.4 Å². The van der Waals surface area contributed by atoms with Crippen LogP contribution in [0.3, 0.4) is 0 Å². The van der Waals surface area contributed by atoms with Crippen molar-refractivity contribution < 1.29 is 28.2 Å². The number of carboxylic acids is 1. The third-order valence-electron chi connectivity index (χ3n) is 4.56. The smallest absolute Gasteiger partial charge is 0.342 e. The number of ether oxygens (including phenoxy) is 2. The summed E-state index contributed by atoms with van der Waals surface area (Å²) in [7, 11) is 1.49.